The maximum Gasteiger partial charge on any atom is 0.252 e. The van der Waals surface area contributed by atoms with Crippen LogP contribution < -0.4 is 5.32 Å². The van der Waals surface area contributed by atoms with Crippen LogP contribution in [0.4, 0.5) is 0 Å². The van der Waals surface area contributed by atoms with Crippen LogP contribution in [0.5, 0.6) is 0 Å². The first-order valence-corrected chi connectivity index (χ1v) is 7.50. The molecule has 4 heteroatoms. The zero-order valence-corrected chi connectivity index (χ0v) is 12.8. The van der Waals surface area contributed by atoms with Crippen LogP contribution in [0, 0.1) is 6.92 Å². The summed E-state index contributed by atoms with van der Waals surface area (Å²) in [5.41, 5.74) is 3.58. The molecule has 1 unspecified atom stereocenters. The number of nitrogens with one attached hydrogen (secondary N) is 2. The summed E-state index contributed by atoms with van der Waals surface area (Å²) in [4.78, 5) is 20.3. The van der Waals surface area contributed by atoms with E-state index in [1.807, 2.05) is 62.4 Å². The number of hydrogen-bond acceptors (Lipinski definition) is 2. The quantitative estimate of drug-likeness (QED) is 0.769. The monoisotopic (exact) mass is 293 g/mol. The first kappa shape index (κ1) is 14.3. The molecule has 2 aromatic carbocycles. The third-order valence-electron chi connectivity index (χ3n) is 3.84. The second-order valence-corrected chi connectivity index (χ2v) is 5.39. The number of carbonyl (C=O) groups is 1. The normalized spacial score (nSPS) is 12.3. The van der Waals surface area contributed by atoms with Crippen LogP contribution in [0.1, 0.15) is 41.1 Å². The molecule has 1 aromatic heterocycles. The number of carbonyl (C=O) groups excluding carboxylic acids is 1. The largest absolute Gasteiger partial charge is 0.342 e. The van der Waals surface area contributed by atoms with Gasteiger partial charge in [-0.3, -0.25) is 4.79 Å². The SMILES string of the molecule is CCC(NC(=O)c1ccccc1C)c1nc2ccccc2[nH]1. The van der Waals surface area contributed by atoms with Gasteiger partial charge in [-0.15, -0.1) is 0 Å². The lowest BCUT2D eigenvalue weighted by Gasteiger charge is -2.15. The molecule has 22 heavy (non-hydrogen) atoms. The van der Waals surface area contributed by atoms with Crippen molar-refractivity contribution < 1.29 is 4.79 Å². The summed E-state index contributed by atoms with van der Waals surface area (Å²) in [5, 5.41) is 3.07. The summed E-state index contributed by atoms with van der Waals surface area (Å²) in [6, 6.07) is 15.4. The Morgan fingerprint density at radius 1 is 1.18 bits per heavy atom. The maximum atomic E-state index is 12.5. The van der Waals surface area contributed by atoms with Crippen LogP contribution in [0.2, 0.25) is 0 Å². The highest BCUT2D eigenvalue weighted by molar-refractivity contribution is 5.95. The van der Waals surface area contributed by atoms with Gasteiger partial charge in [0.15, 0.2) is 0 Å². The Morgan fingerprint density at radius 2 is 1.91 bits per heavy atom. The smallest absolute Gasteiger partial charge is 0.252 e. The fraction of sp³-hybridized carbons (Fsp3) is 0.222. The lowest BCUT2D eigenvalue weighted by molar-refractivity contribution is 0.0933. The van der Waals surface area contributed by atoms with E-state index in [2.05, 4.69) is 15.3 Å². The number of H-pyrrole nitrogens is 1. The van der Waals surface area contributed by atoms with Gasteiger partial charge < -0.3 is 10.3 Å². The number of benzene rings is 2. The number of hydrogen-bond donors (Lipinski definition) is 2. The first-order valence-electron chi connectivity index (χ1n) is 7.50. The molecule has 3 aromatic rings. The standard InChI is InChI=1S/C18H19N3O/c1-3-14(17-19-15-10-6-7-11-16(15)20-17)21-18(22)13-9-5-4-8-12(13)2/h4-11,14H,3H2,1-2H3,(H,19,20)(H,21,22). The number of aromatic nitrogens is 2. The molecule has 3 rings (SSSR count). The number of fused-ring (bicyclic) bond motifs is 1. The molecule has 112 valence electrons. The highest BCUT2D eigenvalue weighted by Gasteiger charge is 2.18. The van der Waals surface area contributed by atoms with Gasteiger partial charge in [-0.2, -0.15) is 0 Å². The highest BCUT2D eigenvalue weighted by Crippen LogP contribution is 2.19. The number of rotatable bonds is 4. The summed E-state index contributed by atoms with van der Waals surface area (Å²) in [7, 11) is 0. The molecule has 2 N–H and O–H groups in total. The summed E-state index contributed by atoms with van der Waals surface area (Å²) in [5.74, 6) is 0.732. The van der Waals surface area contributed by atoms with Crippen LogP contribution in [0.3, 0.4) is 0 Å². The molecule has 0 saturated carbocycles. The van der Waals surface area contributed by atoms with Crippen LogP contribution in [0.25, 0.3) is 11.0 Å². The Balaban J connectivity index is 1.85. The van der Waals surface area contributed by atoms with Gasteiger partial charge in [0, 0.05) is 5.56 Å². The fourth-order valence-electron chi connectivity index (χ4n) is 2.56. The Hall–Kier alpha value is -2.62. The summed E-state index contributed by atoms with van der Waals surface area (Å²) < 4.78 is 0. The van der Waals surface area contributed by atoms with Gasteiger partial charge in [0.25, 0.3) is 5.91 Å². The molecular formula is C18H19N3O. The van der Waals surface area contributed by atoms with Crippen molar-refractivity contribution in [2.45, 2.75) is 26.3 Å². The van der Waals surface area contributed by atoms with Crippen molar-refractivity contribution in [3.05, 3.63) is 65.5 Å². The number of amides is 1. The third-order valence-corrected chi connectivity index (χ3v) is 3.84. The fourth-order valence-corrected chi connectivity index (χ4v) is 2.56. The molecule has 1 heterocycles. The lowest BCUT2D eigenvalue weighted by atomic mass is 10.1. The minimum absolute atomic E-state index is 0.0644. The highest BCUT2D eigenvalue weighted by atomic mass is 16.1. The lowest BCUT2D eigenvalue weighted by Crippen LogP contribution is -2.29. The van der Waals surface area contributed by atoms with Gasteiger partial charge in [-0.1, -0.05) is 37.3 Å². The van der Waals surface area contributed by atoms with Crippen molar-refractivity contribution in [3.8, 4) is 0 Å². The molecule has 4 nitrogen and oxygen atoms in total. The Labute approximate surface area is 129 Å². The minimum atomic E-state index is -0.125. The minimum Gasteiger partial charge on any atom is -0.342 e. The summed E-state index contributed by atoms with van der Waals surface area (Å²) >= 11 is 0. The zero-order chi connectivity index (χ0) is 15.5. The van der Waals surface area contributed by atoms with Crippen molar-refractivity contribution in [3.63, 3.8) is 0 Å². The van der Waals surface area contributed by atoms with Crippen molar-refractivity contribution >= 4 is 16.9 Å². The maximum absolute atomic E-state index is 12.5. The van der Waals surface area contributed by atoms with Crippen molar-refractivity contribution in [1.82, 2.24) is 15.3 Å². The molecule has 0 radical (unpaired) electrons. The van der Waals surface area contributed by atoms with E-state index in [4.69, 9.17) is 0 Å². The Bertz CT molecular complexity index is 774. The Morgan fingerprint density at radius 3 is 2.64 bits per heavy atom. The van der Waals surface area contributed by atoms with Crippen LogP contribution in [0.15, 0.2) is 48.5 Å². The van der Waals surface area contributed by atoms with Gasteiger partial charge in [0.2, 0.25) is 0 Å². The first-order chi connectivity index (χ1) is 10.7. The molecule has 0 spiro atoms. The zero-order valence-electron chi connectivity index (χ0n) is 12.8. The van der Waals surface area contributed by atoms with Crippen molar-refractivity contribution in [2.75, 3.05) is 0 Å². The predicted molar refractivity (Wildman–Crippen MR) is 87.8 cm³/mol. The predicted octanol–water partition coefficient (Wildman–Crippen LogP) is 3.75. The van der Waals surface area contributed by atoms with Crippen LogP contribution in [-0.2, 0) is 0 Å². The molecule has 0 saturated heterocycles. The average Bonchev–Trinajstić information content (AvgIpc) is 2.96. The number of aryl methyl sites for hydroxylation is 1. The van der Waals surface area contributed by atoms with Crippen LogP contribution >= 0.6 is 0 Å². The van der Waals surface area contributed by atoms with Crippen LogP contribution in [-0.4, -0.2) is 15.9 Å². The van der Waals surface area contributed by atoms with E-state index in [0.29, 0.717) is 5.56 Å². The summed E-state index contributed by atoms with van der Waals surface area (Å²) in [6.45, 7) is 3.98. The van der Waals surface area contributed by atoms with E-state index >= 15 is 0 Å². The van der Waals surface area contributed by atoms with E-state index in [1.165, 1.54) is 0 Å². The van der Waals surface area contributed by atoms with Crippen molar-refractivity contribution in [2.24, 2.45) is 0 Å². The number of imidazole rings is 1. The number of para-hydroxylation sites is 2. The molecule has 0 aliphatic heterocycles. The second kappa shape index (κ2) is 6.02. The molecule has 1 atom stereocenters. The summed E-state index contributed by atoms with van der Waals surface area (Å²) in [6.07, 6.45) is 0.775. The van der Waals surface area contributed by atoms with E-state index in [-0.39, 0.29) is 11.9 Å². The Kier molecular flexibility index (Phi) is 3.92. The van der Waals surface area contributed by atoms with E-state index in [9.17, 15) is 4.79 Å². The molecule has 0 aliphatic carbocycles. The van der Waals surface area contributed by atoms with E-state index in [0.717, 1.165) is 28.8 Å². The van der Waals surface area contributed by atoms with Gasteiger partial charge in [-0.05, 0) is 37.1 Å². The van der Waals surface area contributed by atoms with Gasteiger partial charge in [0.05, 0.1) is 17.1 Å². The molecule has 0 fully saturated rings. The van der Waals surface area contributed by atoms with Gasteiger partial charge in [0.1, 0.15) is 5.82 Å². The molecular weight excluding hydrogens is 274 g/mol. The average molecular weight is 293 g/mol. The topological polar surface area (TPSA) is 57.8 Å². The number of nitrogens with zero attached hydrogens (tertiary/aromatic N) is 1. The van der Waals surface area contributed by atoms with E-state index in [1.54, 1.807) is 0 Å². The molecule has 0 aliphatic rings. The van der Waals surface area contributed by atoms with Crippen molar-refractivity contribution in [1.29, 1.82) is 0 Å². The van der Waals surface area contributed by atoms with Gasteiger partial charge >= 0.3 is 0 Å². The second-order valence-electron chi connectivity index (χ2n) is 5.39. The van der Waals surface area contributed by atoms with Gasteiger partial charge in [-0.25, -0.2) is 4.98 Å². The van der Waals surface area contributed by atoms with E-state index < -0.39 is 0 Å². The third kappa shape index (κ3) is 2.72. The molecule has 1 amide bonds. The number of aromatic amines is 1. The molecule has 0 bridgehead atoms.